The molecular formula is C15H14F3N3O. The summed E-state index contributed by atoms with van der Waals surface area (Å²) in [5, 5.41) is 0. The van der Waals surface area contributed by atoms with E-state index in [0.717, 1.165) is 11.1 Å². The Kier molecular flexibility index (Phi) is 4.07. The summed E-state index contributed by atoms with van der Waals surface area (Å²) in [6.07, 6.45) is 0.223. The van der Waals surface area contributed by atoms with E-state index in [1.54, 1.807) is 36.2 Å². The molecule has 1 aromatic carbocycles. The van der Waals surface area contributed by atoms with Crippen LogP contribution in [0.25, 0.3) is 16.8 Å². The molecule has 0 radical (unpaired) electrons. The Bertz CT molecular complexity index is 796. The van der Waals surface area contributed by atoms with Crippen LogP contribution in [0.3, 0.4) is 0 Å². The molecule has 0 bridgehead atoms. The Balaban J connectivity index is 0.00000176. The lowest BCUT2D eigenvalue weighted by Gasteiger charge is -2.11. The van der Waals surface area contributed by atoms with E-state index in [1.165, 1.54) is 12.1 Å². The Morgan fingerprint density at radius 1 is 1.14 bits per heavy atom. The van der Waals surface area contributed by atoms with Gasteiger partial charge in [-0.2, -0.15) is 0 Å². The monoisotopic (exact) mass is 309 g/mol. The predicted molar refractivity (Wildman–Crippen MR) is 76.6 cm³/mol. The predicted octanol–water partition coefficient (Wildman–Crippen LogP) is 4.24. The average molecular weight is 309 g/mol. The molecule has 0 atom stereocenters. The van der Waals surface area contributed by atoms with Gasteiger partial charge in [-0.3, -0.25) is 4.40 Å². The number of aromatic nitrogens is 3. The van der Waals surface area contributed by atoms with Gasteiger partial charge in [-0.1, -0.05) is 7.43 Å². The molecule has 0 N–H and O–H groups in total. The highest BCUT2D eigenvalue weighted by atomic mass is 19.4. The zero-order valence-electron chi connectivity index (χ0n) is 10.9. The number of benzene rings is 1. The highest BCUT2D eigenvalue weighted by molar-refractivity contribution is 5.68. The van der Waals surface area contributed by atoms with Crippen LogP contribution in [0.15, 0.2) is 43.1 Å². The van der Waals surface area contributed by atoms with Crippen LogP contribution in [-0.4, -0.2) is 20.7 Å². The lowest BCUT2D eigenvalue weighted by molar-refractivity contribution is -0.274. The number of alkyl halides is 3. The molecule has 0 unspecified atom stereocenters. The molecule has 116 valence electrons. The maximum atomic E-state index is 12.2. The molecule has 7 heteroatoms. The molecule has 22 heavy (non-hydrogen) atoms. The highest BCUT2D eigenvalue weighted by Crippen LogP contribution is 2.29. The summed E-state index contributed by atoms with van der Waals surface area (Å²) in [5.74, 6) is -0.241. The van der Waals surface area contributed by atoms with Crippen molar-refractivity contribution < 1.29 is 17.9 Å². The Morgan fingerprint density at radius 3 is 2.59 bits per heavy atom. The van der Waals surface area contributed by atoms with Crippen molar-refractivity contribution in [3.8, 4) is 17.0 Å². The van der Waals surface area contributed by atoms with Gasteiger partial charge < -0.3 is 4.74 Å². The van der Waals surface area contributed by atoms with Crippen LogP contribution in [0.1, 0.15) is 13.0 Å². The Hall–Kier alpha value is -2.57. The zero-order chi connectivity index (χ0) is 15.0. The van der Waals surface area contributed by atoms with Crippen molar-refractivity contribution in [3.05, 3.63) is 48.7 Å². The SMILES string of the molecule is C.Cc1cc(OC(F)(F)F)ccc1-c1cc2cncn2cn1. The molecule has 2 heterocycles. The number of imidazole rings is 1. The molecule has 0 aliphatic carbocycles. The molecule has 2 aromatic heterocycles. The van der Waals surface area contributed by atoms with Crippen LogP contribution in [0.2, 0.25) is 0 Å². The summed E-state index contributed by atoms with van der Waals surface area (Å²) >= 11 is 0. The van der Waals surface area contributed by atoms with Gasteiger partial charge in [-0.15, -0.1) is 13.2 Å². The second kappa shape index (κ2) is 5.67. The Morgan fingerprint density at radius 2 is 1.91 bits per heavy atom. The van der Waals surface area contributed by atoms with Gasteiger partial charge in [-0.25, -0.2) is 9.97 Å². The van der Waals surface area contributed by atoms with Crippen molar-refractivity contribution in [3.63, 3.8) is 0 Å². The van der Waals surface area contributed by atoms with Gasteiger partial charge in [0.05, 0.1) is 17.4 Å². The van der Waals surface area contributed by atoms with Crippen LogP contribution in [0.4, 0.5) is 13.2 Å². The van der Waals surface area contributed by atoms with Crippen LogP contribution < -0.4 is 4.74 Å². The summed E-state index contributed by atoms with van der Waals surface area (Å²) in [6.45, 7) is 1.71. The highest BCUT2D eigenvalue weighted by Gasteiger charge is 2.31. The number of aryl methyl sites for hydroxylation is 1. The van der Waals surface area contributed by atoms with E-state index in [1.807, 2.05) is 6.07 Å². The summed E-state index contributed by atoms with van der Waals surface area (Å²) in [5.41, 5.74) is 2.91. The van der Waals surface area contributed by atoms with E-state index in [4.69, 9.17) is 0 Å². The number of ether oxygens (including phenoxy) is 1. The van der Waals surface area contributed by atoms with Crippen molar-refractivity contribution >= 4 is 5.52 Å². The Labute approximate surface area is 125 Å². The van der Waals surface area contributed by atoms with Crippen LogP contribution >= 0.6 is 0 Å². The van der Waals surface area contributed by atoms with E-state index < -0.39 is 6.36 Å². The maximum Gasteiger partial charge on any atom is 0.573 e. The summed E-state index contributed by atoms with van der Waals surface area (Å²) in [4.78, 5) is 8.27. The fourth-order valence-electron chi connectivity index (χ4n) is 2.09. The third-order valence-electron chi connectivity index (χ3n) is 3.01. The lowest BCUT2D eigenvalue weighted by Crippen LogP contribution is -2.17. The van der Waals surface area contributed by atoms with Crippen molar-refractivity contribution in [2.45, 2.75) is 20.7 Å². The molecule has 0 spiro atoms. The van der Waals surface area contributed by atoms with Crippen molar-refractivity contribution in [1.82, 2.24) is 14.4 Å². The van der Waals surface area contributed by atoms with E-state index in [-0.39, 0.29) is 13.2 Å². The molecule has 0 aliphatic rings. The smallest absolute Gasteiger partial charge is 0.406 e. The second-order valence-electron chi connectivity index (χ2n) is 4.52. The topological polar surface area (TPSA) is 39.4 Å². The van der Waals surface area contributed by atoms with Gasteiger partial charge in [0.2, 0.25) is 0 Å². The quantitative estimate of drug-likeness (QED) is 0.711. The third kappa shape index (κ3) is 3.19. The molecule has 0 saturated carbocycles. The van der Waals surface area contributed by atoms with E-state index >= 15 is 0 Å². The van der Waals surface area contributed by atoms with E-state index in [2.05, 4.69) is 14.7 Å². The first-order valence-electron chi connectivity index (χ1n) is 6.07. The molecule has 4 nitrogen and oxygen atoms in total. The zero-order valence-corrected chi connectivity index (χ0v) is 10.9. The van der Waals surface area contributed by atoms with Gasteiger partial charge in [0, 0.05) is 5.56 Å². The minimum absolute atomic E-state index is 0. The molecular weight excluding hydrogens is 295 g/mol. The first kappa shape index (κ1) is 15.8. The second-order valence-corrected chi connectivity index (χ2v) is 4.52. The van der Waals surface area contributed by atoms with E-state index in [9.17, 15) is 13.2 Å². The average Bonchev–Trinajstić information content (AvgIpc) is 2.84. The van der Waals surface area contributed by atoms with E-state index in [0.29, 0.717) is 11.3 Å². The summed E-state index contributed by atoms with van der Waals surface area (Å²) in [7, 11) is 0. The van der Waals surface area contributed by atoms with Crippen LogP contribution in [0, 0.1) is 6.92 Å². The first-order chi connectivity index (χ1) is 9.92. The van der Waals surface area contributed by atoms with Crippen molar-refractivity contribution in [1.29, 1.82) is 0 Å². The molecule has 0 aliphatic heterocycles. The number of nitrogens with zero attached hydrogens (tertiary/aromatic N) is 3. The largest absolute Gasteiger partial charge is 0.573 e. The van der Waals surface area contributed by atoms with Gasteiger partial charge in [0.15, 0.2) is 0 Å². The minimum atomic E-state index is -4.69. The fourth-order valence-corrected chi connectivity index (χ4v) is 2.09. The van der Waals surface area contributed by atoms with Gasteiger partial charge in [0.1, 0.15) is 18.4 Å². The van der Waals surface area contributed by atoms with Crippen LogP contribution in [0.5, 0.6) is 5.75 Å². The van der Waals surface area contributed by atoms with Gasteiger partial charge in [-0.05, 0) is 36.8 Å². The number of halogens is 3. The number of hydrogen-bond acceptors (Lipinski definition) is 3. The minimum Gasteiger partial charge on any atom is -0.406 e. The first-order valence-corrected chi connectivity index (χ1v) is 6.07. The summed E-state index contributed by atoms with van der Waals surface area (Å²) < 4.78 is 42.2. The number of fused-ring (bicyclic) bond motifs is 1. The number of rotatable bonds is 2. The summed E-state index contributed by atoms with van der Waals surface area (Å²) in [6, 6.07) is 5.99. The number of hydrogen-bond donors (Lipinski definition) is 0. The molecule has 3 aromatic rings. The molecule has 3 rings (SSSR count). The van der Waals surface area contributed by atoms with Crippen molar-refractivity contribution in [2.75, 3.05) is 0 Å². The maximum absolute atomic E-state index is 12.2. The van der Waals surface area contributed by atoms with Gasteiger partial charge >= 0.3 is 6.36 Å². The van der Waals surface area contributed by atoms with Gasteiger partial charge in [0.25, 0.3) is 0 Å². The molecule has 0 fully saturated rings. The third-order valence-corrected chi connectivity index (χ3v) is 3.01. The molecule has 0 amide bonds. The lowest BCUT2D eigenvalue weighted by atomic mass is 10.1. The fraction of sp³-hybridized carbons (Fsp3) is 0.200. The van der Waals surface area contributed by atoms with Crippen LogP contribution in [-0.2, 0) is 0 Å². The standard InChI is InChI=1S/C14H10F3N3O.CH4/c1-9-4-11(21-14(15,16)17)2-3-12(9)13-5-10-6-18-7-20(10)8-19-13;/h2-8H,1H3;1H4. The normalized spacial score (nSPS) is 11.3. The van der Waals surface area contributed by atoms with Crippen molar-refractivity contribution in [2.24, 2.45) is 0 Å². The molecule has 0 saturated heterocycles.